The molecule has 0 saturated carbocycles. The van der Waals surface area contributed by atoms with Crippen molar-refractivity contribution in [1.82, 2.24) is 9.88 Å². The zero-order valence-corrected chi connectivity index (χ0v) is 21.8. The molecule has 1 N–H and O–H groups in total. The number of rotatable bonds is 7. The van der Waals surface area contributed by atoms with Gasteiger partial charge in [-0.2, -0.15) is 0 Å². The van der Waals surface area contributed by atoms with Crippen molar-refractivity contribution in [2.24, 2.45) is 5.92 Å². The van der Waals surface area contributed by atoms with Gasteiger partial charge < -0.3 is 19.5 Å². The first-order valence-corrected chi connectivity index (χ1v) is 12.4. The first-order valence-electron chi connectivity index (χ1n) is 11.6. The molecule has 2 aromatic rings. The minimum absolute atomic E-state index is 0.207. The Morgan fingerprint density at radius 1 is 1.18 bits per heavy atom. The van der Waals surface area contributed by atoms with Gasteiger partial charge in [0, 0.05) is 18.8 Å². The Hall–Kier alpha value is -2.12. The third-order valence-corrected chi connectivity index (χ3v) is 6.87. The number of halogens is 1. The number of carbonyl (C=O) groups excluding carboxylic acids is 1. The van der Waals surface area contributed by atoms with Gasteiger partial charge in [0.15, 0.2) is 0 Å². The molecule has 0 aliphatic carbocycles. The summed E-state index contributed by atoms with van der Waals surface area (Å²) >= 11 is 3.52. The number of ether oxygens (including phenoxy) is 2. The van der Waals surface area contributed by atoms with Crippen molar-refractivity contribution in [1.29, 1.82) is 0 Å². The van der Waals surface area contributed by atoms with Crippen LogP contribution in [-0.2, 0) is 16.8 Å². The van der Waals surface area contributed by atoms with E-state index in [0.717, 1.165) is 54.5 Å². The van der Waals surface area contributed by atoms with Crippen LogP contribution < -0.4 is 4.74 Å². The summed E-state index contributed by atoms with van der Waals surface area (Å²) in [6, 6.07) is 9.48. The second-order valence-electron chi connectivity index (χ2n) is 9.91. The van der Waals surface area contributed by atoms with Crippen molar-refractivity contribution in [3.05, 3.63) is 52.3 Å². The largest absolute Gasteiger partial charge is 0.455 e. The van der Waals surface area contributed by atoms with Gasteiger partial charge in [-0.05, 0) is 105 Å². The average Bonchev–Trinajstić information content (AvgIpc) is 2.76. The van der Waals surface area contributed by atoms with E-state index in [1.165, 1.54) is 0 Å². The van der Waals surface area contributed by atoms with Crippen molar-refractivity contribution in [2.45, 2.75) is 71.5 Å². The number of nitrogens with zero attached hydrogens (tertiary/aromatic N) is 2. The molecule has 1 amide bonds. The predicted octanol–water partition coefficient (Wildman–Crippen LogP) is 6.44. The van der Waals surface area contributed by atoms with Crippen molar-refractivity contribution >= 4 is 22.0 Å². The average molecular weight is 519 g/mol. The fourth-order valence-corrected chi connectivity index (χ4v) is 4.13. The smallest absolute Gasteiger partial charge is 0.410 e. The third-order valence-electron chi connectivity index (χ3n) is 6.25. The minimum Gasteiger partial charge on any atom is -0.455 e. The van der Waals surface area contributed by atoms with E-state index in [1.54, 1.807) is 20.0 Å². The van der Waals surface area contributed by atoms with Gasteiger partial charge in [0.25, 0.3) is 0 Å². The Labute approximate surface area is 205 Å². The first-order chi connectivity index (χ1) is 15.5. The van der Waals surface area contributed by atoms with Gasteiger partial charge in [-0.25, -0.2) is 4.79 Å². The summed E-state index contributed by atoms with van der Waals surface area (Å²) in [5.41, 5.74) is 0.497. The molecule has 6 nitrogen and oxygen atoms in total. The predicted molar refractivity (Wildman–Crippen MR) is 133 cm³/mol. The van der Waals surface area contributed by atoms with Crippen LogP contribution in [0.3, 0.4) is 0 Å². The standard InChI is InChI=1S/C26H35BrN2O4/c1-6-25(2,3)33-24(30)29-13-11-18(12-14-29)15-20-8-9-21(17-28-20)32-23-10-7-19(16-22(23)27)26(4,5)31/h7-10,16-18,31H,6,11-15H2,1-5H3. The highest BCUT2D eigenvalue weighted by atomic mass is 79.9. The number of likely N-dealkylation sites (tertiary alicyclic amines) is 1. The number of benzene rings is 1. The Morgan fingerprint density at radius 2 is 1.88 bits per heavy atom. The Kier molecular flexibility index (Phi) is 8.06. The molecule has 180 valence electrons. The second-order valence-corrected chi connectivity index (χ2v) is 10.8. The summed E-state index contributed by atoms with van der Waals surface area (Å²) in [6.07, 6.45) is 5.11. The summed E-state index contributed by atoms with van der Waals surface area (Å²) in [5.74, 6) is 1.82. The molecule has 3 rings (SSSR count). The van der Waals surface area contributed by atoms with Crippen LogP contribution >= 0.6 is 15.9 Å². The molecule has 0 bridgehead atoms. The highest BCUT2D eigenvalue weighted by Gasteiger charge is 2.28. The molecular formula is C26H35BrN2O4. The fraction of sp³-hybridized carbons (Fsp3) is 0.538. The number of carbonyl (C=O) groups is 1. The van der Waals surface area contributed by atoms with Crippen molar-refractivity contribution < 1.29 is 19.4 Å². The van der Waals surface area contributed by atoms with E-state index in [1.807, 2.05) is 56.0 Å². The number of pyridine rings is 1. The van der Waals surface area contributed by atoms with E-state index >= 15 is 0 Å². The lowest BCUT2D eigenvalue weighted by Gasteiger charge is -2.34. The summed E-state index contributed by atoms with van der Waals surface area (Å²) in [6.45, 7) is 10.9. The maximum Gasteiger partial charge on any atom is 0.410 e. The van der Waals surface area contributed by atoms with Gasteiger partial charge in [0.2, 0.25) is 0 Å². The topological polar surface area (TPSA) is 71.9 Å². The van der Waals surface area contributed by atoms with Crippen molar-refractivity contribution in [3.8, 4) is 11.5 Å². The molecule has 0 unspecified atom stereocenters. The van der Waals surface area contributed by atoms with Crippen molar-refractivity contribution in [2.75, 3.05) is 13.1 Å². The number of aromatic nitrogens is 1. The quantitative estimate of drug-likeness (QED) is 0.456. The molecule has 1 aromatic heterocycles. The van der Waals surface area contributed by atoms with E-state index in [4.69, 9.17) is 9.47 Å². The molecule has 1 aromatic carbocycles. The van der Waals surface area contributed by atoms with Gasteiger partial charge >= 0.3 is 6.09 Å². The van der Waals surface area contributed by atoms with E-state index in [9.17, 15) is 9.90 Å². The van der Waals surface area contributed by atoms with Crippen LogP contribution in [-0.4, -0.2) is 39.8 Å². The molecular weight excluding hydrogens is 484 g/mol. The first kappa shape index (κ1) is 25.5. The third kappa shape index (κ3) is 7.18. The van der Waals surface area contributed by atoms with E-state index in [2.05, 4.69) is 20.9 Å². The molecule has 1 saturated heterocycles. The molecule has 0 radical (unpaired) electrons. The number of piperidine rings is 1. The van der Waals surface area contributed by atoms with Crippen LogP contribution in [0.25, 0.3) is 0 Å². The Bertz CT molecular complexity index is 946. The SMILES string of the molecule is CCC(C)(C)OC(=O)N1CCC(Cc2ccc(Oc3ccc(C(C)(C)O)cc3Br)cn2)CC1. The summed E-state index contributed by atoms with van der Waals surface area (Å²) in [4.78, 5) is 18.8. The molecule has 7 heteroatoms. The summed E-state index contributed by atoms with van der Waals surface area (Å²) in [7, 11) is 0. The Morgan fingerprint density at radius 3 is 2.42 bits per heavy atom. The molecule has 0 spiro atoms. The van der Waals surface area contributed by atoms with E-state index in [0.29, 0.717) is 17.4 Å². The van der Waals surface area contributed by atoms with Crippen LogP contribution in [0.15, 0.2) is 41.0 Å². The van der Waals surface area contributed by atoms with Gasteiger partial charge in [-0.1, -0.05) is 13.0 Å². The van der Waals surface area contributed by atoms with Gasteiger partial charge in [0.1, 0.15) is 17.1 Å². The lowest BCUT2D eigenvalue weighted by molar-refractivity contribution is 0.00575. The van der Waals surface area contributed by atoms with E-state index < -0.39 is 11.2 Å². The van der Waals surface area contributed by atoms with Gasteiger partial charge in [-0.3, -0.25) is 4.98 Å². The Balaban J connectivity index is 1.51. The lowest BCUT2D eigenvalue weighted by Crippen LogP contribution is -2.42. The molecule has 1 aliphatic heterocycles. The minimum atomic E-state index is -0.910. The maximum atomic E-state index is 12.4. The number of hydrogen-bond donors (Lipinski definition) is 1. The highest BCUT2D eigenvalue weighted by Crippen LogP contribution is 2.33. The number of hydrogen-bond acceptors (Lipinski definition) is 5. The molecule has 1 aliphatic rings. The van der Waals surface area contributed by atoms with Crippen LogP contribution in [0, 0.1) is 5.92 Å². The highest BCUT2D eigenvalue weighted by molar-refractivity contribution is 9.10. The van der Waals surface area contributed by atoms with Gasteiger partial charge in [-0.15, -0.1) is 0 Å². The number of aliphatic hydroxyl groups is 1. The van der Waals surface area contributed by atoms with Crippen LogP contribution in [0.2, 0.25) is 0 Å². The monoisotopic (exact) mass is 518 g/mol. The van der Waals surface area contributed by atoms with E-state index in [-0.39, 0.29) is 6.09 Å². The van der Waals surface area contributed by atoms with Crippen LogP contribution in [0.1, 0.15) is 65.1 Å². The zero-order valence-electron chi connectivity index (χ0n) is 20.2. The second kappa shape index (κ2) is 10.4. The molecule has 0 atom stereocenters. The molecule has 1 fully saturated rings. The fourth-order valence-electron chi connectivity index (χ4n) is 3.67. The number of amides is 1. The van der Waals surface area contributed by atoms with Crippen molar-refractivity contribution in [3.63, 3.8) is 0 Å². The molecule has 33 heavy (non-hydrogen) atoms. The van der Waals surface area contributed by atoms with Gasteiger partial charge in [0.05, 0.1) is 16.3 Å². The lowest BCUT2D eigenvalue weighted by atomic mass is 9.92. The zero-order chi connectivity index (χ0) is 24.2. The summed E-state index contributed by atoms with van der Waals surface area (Å²) < 4.78 is 12.4. The maximum absolute atomic E-state index is 12.4. The summed E-state index contributed by atoms with van der Waals surface area (Å²) in [5, 5.41) is 10.2. The van der Waals surface area contributed by atoms with Crippen LogP contribution in [0.5, 0.6) is 11.5 Å². The molecule has 2 heterocycles. The van der Waals surface area contributed by atoms with Crippen LogP contribution in [0.4, 0.5) is 4.79 Å². The normalized spacial score (nSPS) is 15.4.